The van der Waals surface area contributed by atoms with Crippen LogP contribution in [0, 0.1) is 17.1 Å². The van der Waals surface area contributed by atoms with Gasteiger partial charge in [-0.2, -0.15) is 5.26 Å². The third-order valence-corrected chi connectivity index (χ3v) is 4.61. The van der Waals surface area contributed by atoms with Gasteiger partial charge in [-0.3, -0.25) is 4.90 Å². The summed E-state index contributed by atoms with van der Waals surface area (Å²) in [5.74, 6) is 0.653. The van der Waals surface area contributed by atoms with Gasteiger partial charge in [0, 0.05) is 6.54 Å². The van der Waals surface area contributed by atoms with E-state index in [0.717, 1.165) is 42.8 Å². The Bertz CT molecular complexity index is 907. The maximum absolute atomic E-state index is 13.4. The molecule has 4 nitrogen and oxygen atoms in total. The highest BCUT2D eigenvalue weighted by Gasteiger charge is 2.28. The minimum Gasteiger partial charge on any atom is -0.341 e. The molecular formula is C19H17FN4. The molecule has 4 rings (SSSR count). The quantitative estimate of drug-likeness (QED) is 0.796. The first-order valence-electron chi connectivity index (χ1n) is 8.11. The molecule has 0 aliphatic carbocycles. The largest absolute Gasteiger partial charge is 0.341 e. The third kappa shape index (κ3) is 2.77. The van der Waals surface area contributed by atoms with Crippen LogP contribution in [-0.4, -0.2) is 21.4 Å². The monoisotopic (exact) mass is 320 g/mol. The van der Waals surface area contributed by atoms with Gasteiger partial charge in [-0.15, -0.1) is 0 Å². The lowest BCUT2D eigenvalue weighted by atomic mass is 10.1. The van der Waals surface area contributed by atoms with Crippen LogP contribution in [0.15, 0.2) is 42.5 Å². The molecule has 0 radical (unpaired) electrons. The van der Waals surface area contributed by atoms with Crippen LogP contribution in [0.4, 0.5) is 4.39 Å². The number of fused-ring (bicyclic) bond motifs is 1. The van der Waals surface area contributed by atoms with Crippen LogP contribution < -0.4 is 0 Å². The average molecular weight is 320 g/mol. The van der Waals surface area contributed by atoms with Crippen molar-refractivity contribution in [2.45, 2.75) is 25.4 Å². The molecule has 5 heteroatoms. The van der Waals surface area contributed by atoms with E-state index in [4.69, 9.17) is 5.26 Å². The average Bonchev–Trinajstić information content (AvgIpc) is 3.21. The van der Waals surface area contributed by atoms with E-state index in [9.17, 15) is 4.39 Å². The van der Waals surface area contributed by atoms with Crippen LogP contribution in [0.25, 0.3) is 11.0 Å². The Morgan fingerprint density at radius 3 is 2.88 bits per heavy atom. The van der Waals surface area contributed by atoms with E-state index in [1.54, 1.807) is 6.07 Å². The number of aromatic amines is 1. The SMILES string of the molecule is N#Cc1ccc(CN2CCC[C@@H]2c2nc3ccc(F)cc3[nH]2)cc1. The zero-order valence-electron chi connectivity index (χ0n) is 13.2. The molecule has 1 aliphatic rings. The van der Waals surface area contributed by atoms with E-state index < -0.39 is 0 Å². The van der Waals surface area contributed by atoms with Gasteiger partial charge in [0.2, 0.25) is 0 Å². The molecule has 1 N–H and O–H groups in total. The summed E-state index contributed by atoms with van der Waals surface area (Å²) in [6, 6.07) is 14.7. The Balaban J connectivity index is 1.58. The van der Waals surface area contributed by atoms with Crippen LogP contribution in [0.2, 0.25) is 0 Å². The Morgan fingerprint density at radius 2 is 2.08 bits per heavy atom. The number of halogens is 1. The number of rotatable bonds is 3. The van der Waals surface area contributed by atoms with Crippen molar-refractivity contribution in [3.8, 4) is 6.07 Å². The van der Waals surface area contributed by atoms with Gasteiger partial charge in [-0.05, 0) is 55.3 Å². The summed E-state index contributed by atoms with van der Waals surface area (Å²) in [5, 5.41) is 8.89. The van der Waals surface area contributed by atoms with Crippen molar-refractivity contribution in [3.05, 3.63) is 65.2 Å². The number of hydrogen-bond donors (Lipinski definition) is 1. The van der Waals surface area contributed by atoms with Gasteiger partial charge >= 0.3 is 0 Å². The molecule has 120 valence electrons. The number of nitriles is 1. The van der Waals surface area contributed by atoms with Crippen LogP contribution in [0.1, 0.15) is 35.8 Å². The third-order valence-electron chi connectivity index (χ3n) is 4.61. The first kappa shape index (κ1) is 14.9. The summed E-state index contributed by atoms with van der Waals surface area (Å²) in [7, 11) is 0. The number of H-pyrrole nitrogens is 1. The molecular weight excluding hydrogens is 303 g/mol. The molecule has 2 aromatic carbocycles. The summed E-state index contributed by atoms with van der Waals surface area (Å²) >= 11 is 0. The molecule has 3 aromatic rings. The molecule has 0 spiro atoms. The van der Waals surface area contributed by atoms with Gasteiger partial charge in [0.05, 0.1) is 28.7 Å². The summed E-state index contributed by atoms with van der Waals surface area (Å²) in [6.45, 7) is 1.83. The molecule has 0 bridgehead atoms. The lowest BCUT2D eigenvalue weighted by Crippen LogP contribution is -2.23. The fourth-order valence-electron chi connectivity index (χ4n) is 3.40. The maximum Gasteiger partial charge on any atom is 0.125 e. The summed E-state index contributed by atoms with van der Waals surface area (Å²) in [4.78, 5) is 10.3. The van der Waals surface area contributed by atoms with E-state index >= 15 is 0 Å². The van der Waals surface area contributed by atoms with Crippen molar-refractivity contribution in [1.29, 1.82) is 5.26 Å². The second-order valence-electron chi connectivity index (χ2n) is 6.22. The Kier molecular flexibility index (Phi) is 3.75. The van der Waals surface area contributed by atoms with Gasteiger partial charge in [-0.1, -0.05) is 12.1 Å². The second kappa shape index (κ2) is 6.06. The molecule has 0 amide bonds. The zero-order valence-corrected chi connectivity index (χ0v) is 13.2. The number of hydrogen-bond acceptors (Lipinski definition) is 3. The molecule has 2 heterocycles. The first-order chi connectivity index (χ1) is 11.7. The molecule has 1 aliphatic heterocycles. The van der Waals surface area contributed by atoms with E-state index in [1.807, 2.05) is 24.3 Å². The van der Waals surface area contributed by atoms with Crippen molar-refractivity contribution in [1.82, 2.24) is 14.9 Å². The van der Waals surface area contributed by atoms with Crippen LogP contribution in [0.3, 0.4) is 0 Å². The Morgan fingerprint density at radius 1 is 1.25 bits per heavy atom. The van der Waals surface area contributed by atoms with E-state index in [1.165, 1.54) is 17.7 Å². The van der Waals surface area contributed by atoms with Crippen LogP contribution in [-0.2, 0) is 6.54 Å². The fraction of sp³-hybridized carbons (Fsp3) is 0.263. The predicted octanol–water partition coefficient (Wildman–Crippen LogP) is 3.91. The summed E-state index contributed by atoms with van der Waals surface area (Å²) in [6.07, 6.45) is 2.16. The number of aromatic nitrogens is 2. The first-order valence-corrected chi connectivity index (χ1v) is 8.11. The lowest BCUT2D eigenvalue weighted by molar-refractivity contribution is 0.241. The highest BCUT2D eigenvalue weighted by atomic mass is 19.1. The van der Waals surface area contributed by atoms with E-state index in [2.05, 4.69) is 20.9 Å². The number of nitrogens with zero attached hydrogens (tertiary/aromatic N) is 3. The van der Waals surface area contributed by atoms with Gasteiger partial charge in [0.15, 0.2) is 0 Å². The van der Waals surface area contributed by atoms with Crippen molar-refractivity contribution >= 4 is 11.0 Å². The second-order valence-corrected chi connectivity index (χ2v) is 6.22. The maximum atomic E-state index is 13.4. The van der Waals surface area contributed by atoms with Gasteiger partial charge in [-0.25, -0.2) is 9.37 Å². The standard InChI is InChI=1S/C19H17FN4/c20-15-7-8-16-17(10-15)23-19(22-16)18-2-1-9-24(18)12-14-5-3-13(11-21)4-6-14/h3-8,10,18H,1-2,9,12H2,(H,22,23)/t18-/m1/s1. The minimum atomic E-state index is -0.251. The minimum absolute atomic E-state index is 0.219. The smallest absolute Gasteiger partial charge is 0.125 e. The molecule has 0 unspecified atom stereocenters. The normalized spacial score (nSPS) is 18.1. The predicted molar refractivity (Wildman–Crippen MR) is 89.6 cm³/mol. The molecule has 1 aromatic heterocycles. The Hall–Kier alpha value is -2.71. The zero-order chi connectivity index (χ0) is 16.5. The topological polar surface area (TPSA) is 55.7 Å². The number of nitrogens with one attached hydrogen (secondary N) is 1. The highest BCUT2D eigenvalue weighted by molar-refractivity contribution is 5.75. The van der Waals surface area contributed by atoms with Crippen molar-refractivity contribution < 1.29 is 4.39 Å². The molecule has 0 saturated carbocycles. The molecule has 1 saturated heterocycles. The molecule has 1 atom stereocenters. The number of imidazole rings is 1. The van der Waals surface area contributed by atoms with Gasteiger partial charge in [0.25, 0.3) is 0 Å². The van der Waals surface area contributed by atoms with Gasteiger partial charge in [0.1, 0.15) is 11.6 Å². The Labute approximate surface area is 139 Å². The van der Waals surface area contributed by atoms with Crippen LogP contribution >= 0.6 is 0 Å². The molecule has 1 fully saturated rings. The number of likely N-dealkylation sites (tertiary alicyclic amines) is 1. The number of benzene rings is 2. The van der Waals surface area contributed by atoms with Crippen molar-refractivity contribution in [3.63, 3.8) is 0 Å². The molecule has 24 heavy (non-hydrogen) atoms. The van der Waals surface area contributed by atoms with Crippen molar-refractivity contribution in [2.75, 3.05) is 6.54 Å². The lowest BCUT2D eigenvalue weighted by Gasteiger charge is -2.22. The van der Waals surface area contributed by atoms with Crippen LogP contribution in [0.5, 0.6) is 0 Å². The van der Waals surface area contributed by atoms with E-state index in [0.29, 0.717) is 5.56 Å². The van der Waals surface area contributed by atoms with Crippen molar-refractivity contribution in [2.24, 2.45) is 0 Å². The fourth-order valence-corrected chi connectivity index (χ4v) is 3.40. The summed E-state index contributed by atoms with van der Waals surface area (Å²) in [5.41, 5.74) is 3.41. The highest BCUT2D eigenvalue weighted by Crippen LogP contribution is 2.32. The summed E-state index contributed by atoms with van der Waals surface area (Å²) < 4.78 is 13.4. The van der Waals surface area contributed by atoms with E-state index in [-0.39, 0.29) is 11.9 Å². The van der Waals surface area contributed by atoms with Gasteiger partial charge < -0.3 is 4.98 Å².